The van der Waals surface area contributed by atoms with Gasteiger partial charge in [-0.05, 0) is 37.3 Å². The molecular formula is C13H19ClN4O. The van der Waals surface area contributed by atoms with Gasteiger partial charge in [-0.15, -0.1) is 0 Å². The van der Waals surface area contributed by atoms with E-state index in [-0.39, 0.29) is 11.1 Å². The Morgan fingerprint density at radius 3 is 3.00 bits per heavy atom. The van der Waals surface area contributed by atoms with Crippen molar-refractivity contribution in [2.24, 2.45) is 11.8 Å². The molecule has 1 aliphatic rings. The molecule has 1 aromatic rings. The van der Waals surface area contributed by atoms with E-state index in [0.717, 1.165) is 25.9 Å². The van der Waals surface area contributed by atoms with Crippen molar-refractivity contribution < 1.29 is 4.79 Å². The van der Waals surface area contributed by atoms with Gasteiger partial charge in [0.05, 0.1) is 0 Å². The zero-order chi connectivity index (χ0) is 13.8. The Labute approximate surface area is 118 Å². The quantitative estimate of drug-likeness (QED) is 0.496. The number of halogens is 1. The van der Waals surface area contributed by atoms with Crippen LogP contribution in [0.1, 0.15) is 36.5 Å². The number of carbonyl (C=O) groups excluding carboxylic acids is 1. The molecule has 1 atom stereocenters. The predicted molar refractivity (Wildman–Crippen MR) is 76.0 cm³/mol. The molecule has 1 amide bonds. The first-order valence-electron chi connectivity index (χ1n) is 6.53. The number of nitrogens with two attached hydrogens (primary N) is 1. The summed E-state index contributed by atoms with van der Waals surface area (Å²) < 4.78 is 0. The Balaban J connectivity index is 2.16. The number of amides is 1. The summed E-state index contributed by atoms with van der Waals surface area (Å²) in [5, 5.41) is 0.266. The van der Waals surface area contributed by atoms with E-state index in [0.29, 0.717) is 17.3 Å². The second kappa shape index (κ2) is 6.21. The van der Waals surface area contributed by atoms with Crippen LogP contribution >= 0.6 is 11.6 Å². The molecule has 1 unspecified atom stereocenters. The molecule has 2 heterocycles. The van der Waals surface area contributed by atoms with Gasteiger partial charge >= 0.3 is 0 Å². The average molecular weight is 283 g/mol. The zero-order valence-electron chi connectivity index (χ0n) is 11.0. The molecule has 1 saturated heterocycles. The lowest BCUT2D eigenvalue weighted by Crippen LogP contribution is -2.32. The van der Waals surface area contributed by atoms with Crippen LogP contribution in [-0.4, -0.2) is 28.9 Å². The number of carbonyl (C=O) groups is 1. The summed E-state index contributed by atoms with van der Waals surface area (Å²) in [6.07, 6.45) is 3.27. The number of rotatable bonds is 2. The van der Waals surface area contributed by atoms with E-state index in [1.807, 2.05) is 4.90 Å². The highest BCUT2D eigenvalue weighted by Crippen LogP contribution is 2.20. The first kappa shape index (κ1) is 14.1. The van der Waals surface area contributed by atoms with E-state index in [2.05, 4.69) is 17.3 Å². The van der Waals surface area contributed by atoms with Gasteiger partial charge in [0.1, 0.15) is 11.0 Å². The molecule has 1 aliphatic heterocycles. The molecule has 0 radical (unpaired) electrons. The van der Waals surface area contributed by atoms with Crippen LogP contribution in [0.5, 0.6) is 0 Å². The highest BCUT2D eigenvalue weighted by atomic mass is 35.5. The Bertz CT molecular complexity index is 466. The fourth-order valence-corrected chi connectivity index (χ4v) is 2.55. The van der Waals surface area contributed by atoms with Crippen molar-refractivity contribution >= 4 is 23.3 Å². The van der Waals surface area contributed by atoms with Gasteiger partial charge in [0.25, 0.3) is 5.91 Å². The van der Waals surface area contributed by atoms with Gasteiger partial charge < -0.3 is 10.3 Å². The third-order valence-electron chi connectivity index (χ3n) is 3.49. The Morgan fingerprint density at radius 1 is 1.47 bits per heavy atom. The van der Waals surface area contributed by atoms with Crippen LogP contribution < -0.4 is 11.3 Å². The summed E-state index contributed by atoms with van der Waals surface area (Å²) in [5.41, 5.74) is 2.95. The maximum Gasteiger partial charge on any atom is 0.254 e. The smallest absolute Gasteiger partial charge is 0.254 e. The average Bonchev–Trinajstić information content (AvgIpc) is 2.62. The van der Waals surface area contributed by atoms with Crippen LogP contribution in [0.3, 0.4) is 0 Å². The van der Waals surface area contributed by atoms with E-state index in [1.165, 1.54) is 6.42 Å². The zero-order valence-corrected chi connectivity index (χ0v) is 11.8. The fourth-order valence-electron chi connectivity index (χ4n) is 2.34. The van der Waals surface area contributed by atoms with Gasteiger partial charge in [-0.1, -0.05) is 18.5 Å². The van der Waals surface area contributed by atoms with Crippen molar-refractivity contribution in [2.45, 2.75) is 26.2 Å². The van der Waals surface area contributed by atoms with Gasteiger partial charge in [0.15, 0.2) is 0 Å². The molecule has 1 aromatic heterocycles. The number of hydrogen-bond acceptors (Lipinski definition) is 4. The molecule has 19 heavy (non-hydrogen) atoms. The third-order valence-corrected chi connectivity index (χ3v) is 3.69. The standard InChI is InChI=1S/C13H19ClN4O/c1-9-3-2-5-18(6-4-9)13(19)10-7-11(14)16-12(8-10)17-15/h7-9H,2-6,15H2,1H3,(H,16,17). The summed E-state index contributed by atoms with van der Waals surface area (Å²) in [7, 11) is 0. The first-order valence-corrected chi connectivity index (χ1v) is 6.91. The third kappa shape index (κ3) is 3.58. The van der Waals surface area contributed by atoms with E-state index < -0.39 is 0 Å². The lowest BCUT2D eigenvalue weighted by Gasteiger charge is -2.20. The highest BCUT2D eigenvalue weighted by molar-refractivity contribution is 6.29. The SMILES string of the molecule is CC1CCCN(C(=O)c2cc(Cl)nc(NN)c2)CC1. The molecule has 0 bridgehead atoms. The second-order valence-corrected chi connectivity index (χ2v) is 5.42. The number of hydrogen-bond donors (Lipinski definition) is 2. The molecule has 0 spiro atoms. The minimum atomic E-state index is -0.00472. The van der Waals surface area contributed by atoms with Gasteiger partial charge in [-0.3, -0.25) is 4.79 Å². The van der Waals surface area contributed by atoms with E-state index in [1.54, 1.807) is 12.1 Å². The lowest BCUT2D eigenvalue weighted by atomic mass is 10.0. The van der Waals surface area contributed by atoms with Crippen LogP contribution in [0.15, 0.2) is 12.1 Å². The minimum Gasteiger partial charge on any atom is -0.339 e. The monoisotopic (exact) mass is 282 g/mol. The number of likely N-dealkylation sites (tertiary alicyclic amines) is 1. The summed E-state index contributed by atoms with van der Waals surface area (Å²) in [6.45, 7) is 3.83. The van der Waals surface area contributed by atoms with E-state index in [9.17, 15) is 4.79 Å². The van der Waals surface area contributed by atoms with Gasteiger partial charge in [-0.2, -0.15) is 0 Å². The van der Waals surface area contributed by atoms with Crippen LogP contribution in [0.2, 0.25) is 5.15 Å². The van der Waals surface area contributed by atoms with Gasteiger partial charge in [-0.25, -0.2) is 10.8 Å². The molecular weight excluding hydrogens is 264 g/mol. The number of anilines is 1. The molecule has 6 heteroatoms. The largest absolute Gasteiger partial charge is 0.339 e. The lowest BCUT2D eigenvalue weighted by molar-refractivity contribution is 0.0760. The minimum absolute atomic E-state index is 0.00472. The summed E-state index contributed by atoms with van der Waals surface area (Å²) in [4.78, 5) is 18.3. The topological polar surface area (TPSA) is 71.2 Å². The van der Waals surface area contributed by atoms with E-state index in [4.69, 9.17) is 17.4 Å². The van der Waals surface area contributed by atoms with Gasteiger partial charge in [0, 0.05) is 18.7 Å². The van der Waals surface area contributed by atoms with Crippen molar-refractivity contribution in [3.8, 4) is 0 Å². The molecule has 3 N–H and O–H groups in total. The number of nitrogens with zero attached hydrogens (tertiary/aromatic N) is 2. The highest BCUT2D eigenvalue weighted by Gasteiger charge is 2.20. The molecule has 104 valence electrons. The van der Waals surface area contributed by atoms with Crippen LogP contribution in [-0.2, 0) is 0 Å². The Hall–Kier alpha value is -1.33. The fraction of sp³-hybridized carbons (Fsp3) is 0.538. The summed E-state index contributed by atoms with van der Waals surface area (Å²) in [6, 6.07) is 3.21. The van der Waals surface area contributed by atoms with Crippen LogP contribution in [0, 0.1) is 5.92 Å². The normalized spacial score (nSPS) is 19.9. The number of aromatic nitrogens is 1. The first-order chi connectivity index (χ1) is 9.10. The van der Waals surface area contributed by atoms with Crippen molar-refractivity contribution in [2.75, 3.05) is 18.5 Å². The van der Waals surface area contributed by atoms with Crippen molar-refractivity contribution in [1.82, 2.24) is 9.88 Å². The molecule has 0 aliphatic carbocycles. The molecule has 0 saturated carbocycles. The van der Waals surface area contributed by atoms with E-state index >= 15 is 0 Å². The maximum atomic E-state index is 12.5. The maximum absolute atomic E-state index is 12.5. The predicted octanol–water partition coefficient (Wildman–Crippen LogP) is 2.28. The van der Waals surface area contributed by atoms with Crippen LogP contribution in [0.25, 0.3) is 0 Å². The summed E-state index contributed by atoms with van der Waals surface area (Å²) >= 11 is 5.89. The molecule has 2 rings (SSSR count). The molecule has 5 nitrogen and oxygen atoms in total. The number of nitrogens with one attached hydrogen (secondary N) is 1. The van der Waals surface area contributed by atoms with Crippen molar-refractivity contribution in [3.05, 3.63) is 22.8 Å². The molecule has 0 aromatic carbocycles. The molecule has 1 fully saturated rings. The van der Waals surface area contributed by atoms with Crippen molar-refractivity contribution in [3.63, 3.8) is 0 Å². The second-order valence-electron chi connectivity index (χ2n) is 5.04. The Morgan fingerprint density at radius 2 is 2.26 bits per heavy atom. The van der Waals surface area contributed by atoms with Gasteiger partial charge in [0.2, 0.25) is 0 Å². The Kier molecular flexibility index (Phi) is 4.61. The summed E-state index contributed by atoms with van der Waals surface area (Å²) in [5.74, 6) is 6.39. The van der Waals surface area contributed by atoms with Crippen molar-refractivity contribution in [1.29, 1.82) is 0 Å². The number of hydrazine groups is 1. The number of nitrogen functional groups attached to an aromatic ring is 1. The van der Waals surface area contributed by atoms with Crippen LogP contribution in [0.4, 0.5) is 5.82 Å². The number of pyridine rings is 1.